The number of hydrogen-bond donors (Lipinski definition) is 2. The van der Waals surface area contributed by atoms with E-state index in [9.17, 15) is 9.59 Å². The van der Waals surface area contributed by atoms with Crippen molar-refractivity contribution < 1.29 is 18.5 Å². The van der Waals surface area contributed by atoms with Crippen molar-refractivity contribution in [3.05, 3.63) is 96.4 Å². The van der Waals surface area contributed by atoms with Crippen molar-refractivity contribution in [1.29, 1.82) is 0 Å². The first kappa shape index (κ1) is 18.2. The van der Waals surface area contributed by atoms with E-state index in [1.165, 1.54) is 12.3 Å². The van der Waals surface area contributed by atoms with Crippen LogP contribution in [0.5, 0.6) is 0 Å². The topological polar surface area (TPSA) is 97.4 Å². The van der Waals surface area contributed by atoms with Crippen molar-refractivity contribution in [2.45, 2.75) is 6.04 Å². The number of carbonyl (C=O) groups excluding carboxylic acids is 2. The van der Waals surface area contributed by atoms with Gasteiger partial charge in [0.05, 0.1) is 6.26 Å². The molecule has 7 nitrogen and oxygen atoms in total. The van der Waals surface area contributed by atoms with E-state index < -0.39 is 11.9 Å². The number of amides is 2. The third-order valence-corrected chi connectivity index (χ3v) is 4.22. The minimum Gasteiger partial charge on any atom is -0.461 e. The van der Waals surface area contributed by atoms with Gasteiger partial charge in [-0.1, -0.05) is 53.7 Å². The van der Waals surface area contributed by atoms with Gasteiger partial charge in [-0.15, -0.1) is 0 Å². The molecule has 2 heterocycles. The number of anilines is 1. The third-order valence-electron chi connectivity index (χ3n) is 4.22. The molecular formula is C22H17N3O4. The van der Waals surface area contributed by atoms with Crippen molar-refractivity contribution in [3.63, 3.8) is 0 Å². The molecule has 0 aliphatic rings. The molecule has 0 saturated heterocycles. The van der Waals surface area contributed by atoms with Gasteiger partial charge in [0.25, 0.3) is 11.8 Å². The van der Waals surface area contributed by atoms with Crippen LogP contribution in [0.15, 0.2) is 94.1 Å². The molecule has 0 aliphatic carbocycles. The van der Waals surface area contributed by atoms with Gasteiger partial charge in [0.15, 0.2) is 11.5 Å². The summed E-state index contributed by atoms with van der Waals surface area (Å²) in [7, 11) is 0. The first-order valence-corrected chi connectivity index (χ1v) is 8.93. The highest BCUT2D eigenvalue weighted by atomic mass is 16.5. The molecule has 0 spiro atoms. The molecule has 2 aromatic heterocycles. The monoisotopic (exact) mass is 387 g/mol. The summed E-state index contributed by atoms with van der Waals surface area (Å²) in [6.07, 6.45) is 1.50. The summed E-state index contributed by atoms with van der Waals surface area (Å²) in [6, 6.07) is 22.0. The second-order valence-corrected chi connectivity index (χ2v) is 6.23. The lowest BCUT2D eigenvalue weighted by molar-refractivity contribution is -0.118. The summed E-state index contributed by atoms with van der Waals surface area (Å²) in [4.78, 5) is 25.6. The van der Waals surface area contributed by atoms with Gasteiger partial charge in [0.1, 0.15) is 6.04 Å². The van der Waals surface area contributed by atoms with Gasteiger partial charge in [-0.05, 0) is 29.8 Å². The zero-order valence-corrected chi connectivity index (χ0v) is 15.2. The molecule has 144 valence electrons. The Morgan fingerprint density at radius 1 is 0.862 bits per heavy atom. The Morgan fingerprint density at radius 2 is 1.59 bits per heavy atom. The molecule has 2 amide bonds. The van der Waals surface area contributed by atoms with E-state index in [1.54, 1.807) is 48.5 Å². The zero-order valence-electron chi connectivity index (χ0n) is 15.2. The van der Waals surface area contributed by atoms with Crippen LogP contribution < -0.4 is 10.6 Å². The van der Waals surface area contributed by atoms with Crippen molar-refractivity contribution in [2.75, 3.05) is 5.32 Å². The maximum atomic E-state index is 12.9. The molecule has 4 aromatic rings. The highest BCUT2D eigenvalue weighted by Crippen LogP contribution is 2.22. The summed E-state index contributed by atoms with van der Waals surface area (Å²) in [5.41, 5.74) is 1.32. The van der Waals surface area contributed by atoms with E-state index in [2.05, 4.69) is 15.8 Å². The number of rotatable bonds is 6. The van der Waals surface area contributed by atoms with Crippen LogP contribution in [0.2, 0.25) is 0 Å². The second-order valence-electron chi connectivity index (χ2n) is 6.23. The van der Waals surface area contributed by atoms with E-state index in [1.807, 2.05) is 24.3 Å². The van der Waals surface area contributed by atoms with E-state index in [-0.39, 0.29) is 11.6 Å². The van der Waals surface area contributed by atoms with Gasteiger partial charge in [-0.2, -0.15) is 0 Å². The van der Waals surface area contributed by atoms with E-state index in [0.717, 1.165) is 0 Å². The molecule has 4 rings (SSSR count). The lowest BCUT2D eigenvalue weighted by Gasteiger charge is -2.18. The lowest BCUT2D eigenvalue weighted by Crippen LogP contribution is -2.37. The first-order valence-electron chi connectivity index (χ1n) is 8.93. The van der Waals surface area contributed by atoms with Crippen LogP contribution >= 0.6 is 0 Å². The summed E-state index contributed by atoms with van der Waals surface area (Å²) in [6.45, 7) is 0. The SMILES string of the molecule is O=C(NC(C(=O)Nc1ccccc1)c1ccccc1)c1cc(-c2ccco2)on1. The fourth-order valence-corrected chi connectivity index (χ4v) is 2.80. The Labute approximate surface area is 166 Å². The largest absolute Gasteiger partial charge is 0.461 e. The summed E-state index contributed by atoms with van der Waals surface area (Å²) in [5.74, 6) is -0.128. The number of furan rings is 1. The predicted octanol–water partition coefficient (Wildman–Crippen LogP) is 4.04. The van der Waals surface area contributed by atoms with Crippen molar-refractivity contribution in [1.82, 2.24) is 10.5 Å². The van der Waals surface area contributed by atoms with Crippen molar-refractivity contribution in [3.8, 4) is 11.5 Å². The first-order chi connectivity index (χ1) is 14.2. The molecule has 0 bridgehead atoms. The number of hydrogen-bond acceptors (Lipinski definition) is 5. The summed E-state index contributed by atoms with van der Waals surface area (Å²) >= 11 is 0. The lowest BCUT2D eigenvalue weighted by atomic mass is 10.1. The van der Waals surface area contributed by atoms with Crippen LogP contribution in [0.25, 0.3) is 11.5 Å². The molecule has 0 saturated carbocycles. The van der Waals surface area contributed by atoms with Crippen molar-refractivity contribution in [2.24, 2.45) is 0 Å². The Hall–Kier alpha value is -4.13. The number of nitrogens with zero attached hydrogens (tertiary/aromatic N) is 1. The van der Waals surface area contributed by atoms with Crippen LogP contribution in [0.4, 0.5) is 5.69 Å². The molecular weight excluding hydrogens is 370 g/mol. The third kappa shape index (κ3) is 4.24. The normalized spacial score (nSPS) is 11.6. The maximum Gasteiger partial charge on any atom is 0.274 e. The molecule has 2 aromatic carbocycles. The van der Waals surface area contributed by atoms with Gasteiger partial charge in [0, 0.05) is 11.8 Å². The van der Waals surface area contributed by atoms with E-state index >= 15 is 0 Å². The Morgan fingerprint density at radius 3 is 2.28 bits per heavy atom. The average Bonchev–Trinajstić information content (AvgIpc) is 3.45. The fraction of sp³-hybridized carbons (Fsp3) is 0.0455. The smallest absolute Gasteiger partial charge is 0.274 e. The number of aromatic nitrogens is 1. The summed E-state index contributed by atoms with van der Waals surface area (Å²) in [5, 5.41) is 9.32. The van der Waals surface area contributed by atoms with Crippen LogP contribution in [0.1, 0.15) is 22.1 Å². The van der Waals surface area contributed by atoms with Crippen molar-refractivity contribution >= 4 is 17.5 Å². The minimum absolute atomic E-state index is 0.0462. The number of nitrogens with one attached hydrogen (secondary N) is 2. The highest BCUT2D eigenvalue weighted by Gasteiger charge is 2.25. The molecule has 0 fully saturated rings. The van der Waals surface area contributed by atoms with Gasteiger partial charge in [-0.3, -0.25) is 9.59 Å². The maximum absolute atomic E-state index is 12.9. The van der Waals surface area contributed by atoms with Gasteiger partial charge >= 0.3 is 0 Å². The van der Waals surface area contributed by atoms with Gasteiger partial charge < -0.3 is 19.6 Å². The van der Waals surface area contributed by atoms with Gasteiger partial charge in [0.2, 0.25) is 5.76 Å². The standard InChI is InChI=1S/C22H17N3O4/c26-21(17-14-19(29-25-17)18-12-7-13-28-18)24-20(15-8-3-1-4-9-15)22(27)23-16-10-5-2-6-11-16/h1-14,20H,(H,23,27)(H,24,26). The Bertz CT molecular complexity index is 1090. The second kappa shape index (κ2) is 8.26. The number of benzene rings is 2. The van der Waals surface area contributed by atoms with Crippen LogP contribution in [-0.2, 0) is 4.79 Å². The van der Waals surface area contributed by atoms with E-state index in [0.29, 0.717) is 22.8 Å². The fourth-order valence-electron chi connectivity index (χ4n) is 2.80. The zero-order chi connectivity index (χ0) is 20.1. The number of carbonyl (C=O) groups is 2. The molecule has 0 radical (unpaired) electrons. The molecule has 1 atom stereocenters. The van der Waals surface area contributed by atoms with Crippen LogP contribution in [-0.4, -0.2) is 17.0 Å². The Balaban J connectivity index is 1.55. The minimum atomic E-state index is -0.910. The molecule has 1 unspecified atom stereocenters. The summed E-state index contributed by atoms with van der Waals surface area (Å²) < 4.78 is 10.4. The highest BCUT2D eigenvalue weighted by molar-refractivity contribution is 6.01. The predicted molar refractivity (Wildman–Crippen MR) is 106 cm³/mol. The average molecular weight is 387 g/mol. The van der Waals surface area contributed by atoms with Crippen LogP contribution in [0.3, 0.4) is 0 Å². The van der Waals surface area contributed by atoms with Gasteiger partial charge in [-0.25, -0.2) is 0 Å². The van der Waals surface area contributed by atoms with Crippen LogP contribution in [0, 0.1) is 0 Å². The number of para-hydroxylation sites is 1. The molecule has 7 heteroatoms. The molecule has 29 heavy (non-hydrogen) atoms. The molecule has 0 aliphatic heterocycles. The molecule has 2 N–H and O–H groups in total. The Kier molecular flexibility index (Phi) is 5.20. The van der Waals surface area contributed by atoms with E-state index in [4.69, 9.17) is 8.94 Å². The quantitative estimate of drug-likeness (QED) is 0.520.